The Morgan fingerprint density at radius 1 is 0.679 bits per heavy atom. The van der Waals surface area contributed by atoms with Crippen molar-refractivity contribution >= 4 is 38.5 Å². The van der Waals surface area contributed by atoms with E-state index in [1.807, 2.05) is 0 Å². The highest BCUT2D eigenvalue weighted by molar-refractivity contribution is 6.20. The Hall–Kier alpha value is -3.45. The Balaban J connectivity index is 1.88. The Bertz CT molecular complexity index is 1390. The lowest BCUT2D eigenvalue weighted by molar-refractivity contribution is 0.990. The van der Waals surface area contributed by atoms with Crippen molar-refractivity contribution in [2.45, 2.75) is 12.8 Å². The maximum Gasteiger partial charge on any atom is 0.0794 e. The molecule has 0 radical (unpaired) electrons. The first kappa shape index (κ1) is 15.6. The smallest absolute Gasteiger partial charge is 0.0794 e. The van der Waals surface area contributed by atoms with Crippen molar-refractivity contribution in [1.29, 1.82) is 0 Å². The van der Waals surface area contributed by atoms with Crippen molar-refractivity contribution < 1.29 is 0 Å². The van der Waals surface area contributed by atoms with Gasteiger partial charge in [0.15, 0.2) is 0 Å². The van der Waals surface area contributed by atoms with Gasteiger partial charge in [0, 0.05) is 27.1 Å². The Morgan fingerprint density at radius 2 is 1.50 bits per heavy atom. The van der Waals surface area contributed by atoms with Crippen LogP contribution in [0.15, 0.2) is 84.9 Å². The van der Waals surface area contributed by atoms with E-state index in [2.05, 4.69) is 91.0 Å². The van der Waals surface area contributed by atoms with Gasteiger partial charge in [-0.15, -0.1) is 0 Å². The van der Waals surface area contributed by atoms with Gasteiger partial charge < -0.3 is 0 Å². The number of aryl methyl sites for hydroxylation is 1. The van der Waals surface area contributed by atoms with Gasteiger partial charge in [-0.2, -0.15) is 0 Å². The molecule has 0 spiro atoms. The van der Waals surface area contributed by atoms with Crippen molar-refractivity contribution in [1.82, 2.24) is 4.98 Å². The summed E-state index contributed by atoms with van der Waals surface area (Å²) in [4.78, 5) is 5.23. The molecule has 5 aromatic rings. The first-order valence-corrected chi connectivity index (χ1v) is 9.89. The van der Waals surface area contributed by atoms with Gasteiger partial charge in [0.2, 0.25) is 0 Å². The van der Waals surface area contributed by atoms with Crippen LogP contribution in [0.1, 0.15) is 17.5 Å². The molecule has 132 valence electrons. The van der Waals surface area contributed by atoms with Crippen LogP contribution in [0.4, 0.5) is 0 Å². The third-order valence-electron chi connectivity index (χ3n) is 5.90. The summed E-state index contributed by atoms with van der Waals surface area (Å²) in [6, 6.07) is 28.2. The molecule has 4 aromatic carbocycles. The molecule has 1 heteroatoms. The number of fused-ring (bicyclic) bond motifs is 7. The third-order valence-corrected chi connectivity index (χ3v) is 5.90. The quantitative estimate of drug-likeness (QED) is 0.290. The molecule has 1 aromatic heterocycles. The van der Waals surface area contributed by atoms with Gasteiger partial charge in [0.05, 0.1) is 11.2 Å². The van der Waals surface area contributed by atoms with Crippen molar-refractivity contribution in [3.63, 3.8) is 0 Å². The van der Waals surface area contributed by atoms with Crippen molar-refractivity contribution in [2.24, 2.45) is 0 Å². The topological polar surface area (TPSA) is 12.9 Å². The SMILES string of the molecule is C1=Cc2c(ccc3c(-c4ccccc4)nc4c5ccccc5ccc4c23)CC1. The summed E-state index contributed by atoms with van der Waals surface area (Å²) in [6.45, 7) is 0. The van der Waals surface area contributed by atoms with Gasteiger partial charge in [0.1, 0.15) is 0 Å². The molecule has 0 saturated heterocycles. The minimum Gasteiger partial charge on any atom is -0.246 e. The van der Waals surface area contributed by atoms with Crippen LogP contribution in [0, 0.1) is 0 Å². The molecule has 1 heterocycles. The lowest BCUT2D eigenvalue weighted by Gasteiger charge is -2.18. The summed E-state index contributed by atoms with van der Waals surface area (Å²) < 4.78 is 0. The lowest BCUT2D eigenvalue weighted by Crippen LogP contribution is -1.98. The van der Waals surface area contributed by atoms with E-state index in [1.165, 1.54) is 43.6 Å². The van der Waals surface area contributed by atoms with E-state index in [4.69, 9.17) is 4.98 Å². The van der Waals surface area contributed by atoms with Crippen LogP contribution >= 0.6 is 0 Å². The summed E-state index contributed by atoms with van der Waals surface area (Å²) in [5, 5.41) is 6.27. The number of allylic oxidation sites excluding steroid dienone is 1. The molecule has 0 atom stereocenters. The van der Waals surface area contributed by atoms with E-state index in [1.54, 1.807) is 0 Å². The van der Waals surface area contributed by atoms with Crippen LogP contribution < -0.4 is 0 Å². The second-order valence-electron chi connectivity index (χ2n) is 7.51. The summed E-state index contributed by atoms with van der Waals surface area (Å²) in [5.41, 5.74) is 6.14. The molecule has 0 fully saturated rings. The first-order chi connectivity index (χ1) is 13.9. The van der Waals surface area contributed by atoms with Crippen LogP contribution in [-0.2, 0) is 6.42 Å². The van der Waals surface area contributed by atoms with Crippen LogP contribution in [-0.4, -0.2) is 4.98 Å². The van der Waals surface area contributed by atoms with E-state index >= 15 is 0 Å². The molecule has 6 rings (SSSR count). The van der Waals surface area contributed by atoms with E-state index in [0.717, 1.165) is 24.1 Å². The number of nitrogens with zero attached hydrogens (tertiary/aromatic N) is 1. The monoisotopic (exact) mass is 357 g/mol. The predicted molar refractivity (Wildman–Crippen MR) is 120 cm³/mol. The van der Waals surface area contributed by atoms with Gasteiger partial charge in [-0.05, 0) is 29.4 Å². The summed E-state index contributed by atoms with van der Waals surface area (Å²) in [7, 11) is 0. The molecule has 0 saturated carbocycles. The Morgan fingerprint density at radius 3 is 2.43 bits per heavy atom. The molecule has 0 unspecified atom stereocenters. The molecule has 1 aliphatic rings. The van der Waals surface area contributed by atoms with Crippen LogP contribution in [0.5, 0.6) is 0 Å². The minimum atomic E-state index is 1.07. The molecule has 0 bridgehead atoms. The maximum atomic E-state index is 5.23. The summed E-state index contributed by atoms with van der Waals surface area (Å²) in [5.74, 6) is 0. The number of aromatic nitrogens is 1. The van der Waals surface area contributed by atoms with E-state index < -0.39 is 0 Å². The molecular weight excluding hydrogens is 338 g/mol. The summed E-state index contributed by atoms with van der Waals surface area (Å²) in [6.07, 6.45) is 6.84. The fourth-order valence-electron chi connectivity index (χ4n) is 4.56. The number of pyridine rings is 1. The van der Waals surface area contributed by atoms with E-state index in [0.29, 0.717) is 0 Å². The van der Waals surface area contributed by atoms with Gasteiger partial charge in [-0.25, -0.2) is 4.98 Å². The Kier molecular flexibility index (Phi) is 3.36. The number of rotatable bonds is 1. The fourth-order valence-corrected chi connectivity index (χ4v) is 4.56. The first-order valence-electron chi connectivity index (χ1n) is 9.89. The zero-order valence-electron chi connectivity index (χ0n) is 15.5. The van der Waals surface area contributed by atoms with E-state index in [-0.39, 0.29) is 0 Å². The average molecular weight is 357 g/mol. The zero-order valence-corrected chi connectivity index (χ0v) is 15.5. The maximum absolute atomic E-state index is 5.23. The van der Waals surface area contributed by atoms with Crippen LogP contribution in [0.2, 0.25) is 0 Å². The van der Waals surface area contributed by atoms with Gasteiger partial charge in [0.25, 0.3) is 0 Å². The van der Waals surface area contributed by atoms with Crippen LogP contribution in [0.25, 0.3) is 49.8 Å². The van der Waals surface area contributed by atoms with Crippen molar-refractivity contribution in [3.05, 3.63) is 96.1 Å². The molecule has 0 aliphatic heterocycles. The zero-order chi connectivity index (χ0) is 18.5. The van der Waals surface area contributed by atoms with Gasteiger partial charge >= 0.3 is 0 Å². The second kappa shape index (κ2) is 6.03. The molecule has 1 aliphatic carbocycles. The Labute approximate surface area is 164 Å². The molecule has 1 nitrogen and oxygen atoms in total. The fraction of sp³-hybridized carbons (Fsp3) is 0.0741. The highest BCUT2D eigenvalue weighted by Crippen LogP contribution is 2.39. The number of hydrogen-bond acceptors (Lipinski definition) is 1. The van der Waals surface area contributed by atoms with Crippen molar-refractivity contribution in [2.75, 3.05) is 0 Å². The third kappa shape index (κ3) is 2.23. The van der Waals surface area contributed by atoms with Gasteiger partial charge in [-0.1, -0.05) is 91.0 Å². The average Bonchev–Trinajstić information content (AvgIpc) is 2.78. The predicted octanol–water partition coefficient (Wildman–Crippen LogP) is 7.17. The normalized spacial score (nSPS) is 13.3. The highest BCUT2D eigenvalue weighted by atomic mass is 14.7. The van der Waals surface area contributed by atoms with Crippen molar-refractivity contribution in [3.8, 4) is 11.3 Å². The van der Waals surface area contributed by atoms with Gasteiger partial charge in [-0.3, -0.25) is 0 Å². The number of hydrogen-bond donors (Lipinski definition) is 0. The molecular formula is C27H19N. The largest absolute Gasteiger partial charge is 0.246 e. The van der Waals surface area contributed by atoms with E-state index in [9.17, 15) is 0 Å². The lowest BCUT2D eigenvalue weighted by atomic mass is 9.88. The molecule has 28 heavy (non-hydrogen) atoms. The van der Waals surface area contributed by atoms with Crippen LogP contribution in [0.3, 0.4) is 0 Å². The second-order valence-corrected chi connectivity index (χ2v) is 7.51. The standard InChI is InChI=1S/C27H19N/c1-2-10-20(11-3-1)26-23-16-14-18-8-4-6-12-21(18)25(23)24-17-15-19-9-5-7-13-22(19)27(24)28-26/h1-3,5-7,9-17H,4,8H2. The number of benzene rings is 4. The molecule has 0 N–H and O–H groups in total. The highest BCUT2D eigenvalue weighted by Gasteiger charge is 2.17. The minimum absolute atomic E-state index is 1.07. The molecule has 0 amide bonds. The summed E-state index contributed by atoms with van der Waals surface area (Å²) >= 11 is 0.